The summed E-state index contributed by atoms with van der Waals surface area (Å²) in [6.07, 6.45) is 0. The highest BCUT2D eigenvalue weighted by Gasteiger charge is 2.19. The number of hydrogen-bond acceptors (Lipinski definition) is 1. The molecule has 1 heterocycles. The molecule has 0 bridgehead atoms. The predicted octanol–water partition coefficient (Wildman–Crippen LogP) is 5.28. The number of imidazole rings is 1. The molecule has 2 atom stereocenters. The first-order valence-corrected chi connectivity index (χ1v) is 7.52. The van der Waals surface area contributed by atoms with E-state index in [1.54, 1.807) is 0 Å². The molecule has 0 aliphatic rings. The molecule has 0 spiro atoms. The molecular weight excluding hydrogens is 279 g/mol. The van der Waals surface area contributed by atoms with Gasteiger partial charge in [0.2, 0.25) is 0 Å². The number of nitrogens with zero attached hydrogens (tertiary/aromatic N) is 2. The Morgan fingerprint density at radius 2 is 1.89 bits per heavy atom. The highest BCUT2D eigenvalue weighted by atomic mass is 35.5. The summed E-state index contributed by atoms with van der Waals surface area (Å²) in [5, 5.41) is 0.618. The first kappa shape index (κ1) is 14.7. The molecule has 2 rings (SSSR count). The number of hydrogen-bond donors (Lipinski definition) is 0. The van der Waals surface area contributed by atoms with Crippen molar-refractivity contribution in [2.45, 2.75) is 39.6 Å². The summed E-state index contributed by atoms with van der Waals surface area (Å²) in [4.78, 5) is 4.63. The Kier molecular flexibility index (Phi) is 4.42. The molecule has 2 unspecified atom stereocenters. The standard InChI is InChI=1S/C15H20Cl2N2/c1-9(2)10(3)8-19-14-12(17)6-5-7-13(14)18-15(19)11(4)16/h5-7,9-11H,8H2,1-4H3. The van der Waals surface area contributed by atoms with Crippen molar-refractivity contribution in [2.24, 2.45) is 11.8 Å². The van der Waals surface area contributed by atoms with E-state index in [2.05, 4.69) is 30.3 Å². The van der Waals surface area contributed by atoms with Crippen molar-refractivity contribution < 1.29 is 0 Å². The largest absolute Gasteiger partial charge is 0.325 e. The Bertz CT molecular complexity index is 573. The summed E-state index contributed by atoms with van der Waals surface area (Å²) >= 11 is 12.6. The molecule has 0 aliphatic heterocycles. The molecule has 1 aromatic heterocycles. The van der Waals surface area contributed by atoms with Crippen LogP contribution >= 0.6 is 23.2 Å². The van der Waals surface area contributed by atoms with Gasteiger partial charge >= 0.3 is 0 Å². The third kappa shape index (κ3) is 2.90. The molecule has 2 nitrogen and oxygen atoms in total. The number of halogens is 2. The van der Waals surface area contributed by atoms with Crippen LogP contribution in [-0.2, 0) is 6.54 Å². The number of alkyl halides is 1. The second-order valence-electron chi connectivity index (χ2n) is 5.53. The van der Waals surface area contributed by atoms with Crippen LogP contribution in [0.3, 0.4) is 0 Å². The summed E-state index contributed by atoms with van der Waals surface area (Å²) in [6.45, 7) is 9.55. The summed E-state index contributed by atoms with van der Waals surface area (Å²) in [5.41, 5.74) is 1.92. The van der Waals surface area contributed by atoms with Gasteiger partial charge in [-0.2, -0.15) is 0 Å². The van der Waals surface area contributed by atoms with Gasteiger partial charge in [0.05, 0.1) is 21.4 Å². The average Bonchev–Trinajstić information content (AvgIpc) is 2.69. The van der Waals surface area contributed by atoms with Gasteiger partial charge in [0.25, 0.3) is 0 Å². The molecule has 0 fully saturated rings. The van der Waals surface area contributed by atoms with E-state index in [0.29, 0.717) is 11.8 Å². The zero-order chi connectivity index (χ0) is 14.2. The van der Waals surface area contributed by atoms with E-state index < -0.39 is 0 Å². The Balaban J connectivity index is 2.57. The molecule has 0 amide bonds. The summed E-state index contributed by atoms with van der Waals surface area (Å²) in [5.74, 6) is 2.05. The minimum absolute atomic E-state index is 0.122. The van der Waals surface area contributed by atoms with Gasteiger partial charge < -0.3 is 4.57 Å². The van der Waals surface area contributed by atoms with Crippen LogP contribution in [0.2, 0.25) is 5.02 Å². The lowest BCUT2D eigenvalue weighted by Gasteiger charge is -2.19. The maximum Gasteiger partial charge on any atom is 0.127 e. The number of benzene rings is 1. The molecule has 0 radical (unpaired) electrons. The quantitative estimate of drug-likeness (QED) is 0.702. The Morgan fingerprint density at radius 1 is 1.21 bits per heavy atom. The Labute approximate surface area is 124 Å². The van der Waals surface area contributed by atoms with Crippen LogP contribution in [0.4, 0.5) is 0 Å². The normalized spacial score (nSPS) is 15.1. The second kappa shape index (κ2) is 5.72. The van der Waals surface area contributed by atoms with Crippen LogP contribution in [-0.4, -0.2) is 9.55 Å². The van der Waals surface area contributed by atoms with Crippen molar-refractivity contribution in [1.29, 1.82) is 0 Å². The predicted molar refractivity (Wildman–Crippen MR) is 83.0 cm³/mol. The third-order valence-electron chi connectivity index (χ3n) is 3.71. The second-order valence-corrected chi connectivity index (χ2v) is 6.59. The highest BCUT2D eigenvalue weighted by Crippen LogP contribution is 2.30. The van der Waals surface area contributed by atoms with Gasteiger partial charge in [0, 0.05) is 6.54 Å². The fourth-order valence-electron chi connectivity index (χ4n) is 2.15. The van der Waals surface area contributed by atoms with Crippen LogP contribution in [0.1, 0.15) is 38.9 Å². The van der Waals surface area contributed by atoms with Crippen LogP contribution in [0.25, 0.3) is 11.0 Å². The zero-order valence-electron chi connectivity index (χ0n) is 11.8. The minimum Gasteiger partial charge on any atom is -0.325 e. The van der Waals surface area contributed by atoms with Gasteiger partial charge in [0.15, 0.2) is 0 Å². The van der Waals surface area contributed by atoms with Crippen molar-refractivity contribution >= 4 is 34.2 Å². The first-order chi connectivity index (χ1) is 8.91. The third-order valence-corrected chi connectivity index (χ3v) is 4.21. The molecule has 0 N–H and O–H groups in total. The Hall–Kier alpha value is -0.730. The molecule has 0 saturated carbocycles. The average molecular weight is 299 g/mol. The maximum absolute atomic E-state index is 6.34. The van der Waals surface area contributed by atoms with Crippen LogP contribution in [0, 0.1) is 11.8 Å². The lowest BCUT2D eigenvalue weighted by molar-refractivity contribution is 0.364. The molecule has 19 heavy (non-hydrogen) atoms. The molecule has 4 heteroatoms. The summed E-state index contributed by atoms with van der Waals surface area (Å²) in [7, 11) is 0. The van der Waals surface area contributed by atoms with E-state index in [9.17, 15) is 0 Å². The highest BCUT2D eigenvalue weighted by molar-refractivity contribution is 6.35. The van der Waals surface area contributed by atoms with E-state index >= 15 is 0 Å². The van der Waals surface area contributed by atoms with Gasteiger partial charge in [0.1, 0.15) is 5.82 Å². The first-order valence-electron chi connectivity index (χ1n) is 6.70. The Morgan fingerprint density at radius 3 is 2.47 bits per heavy atom. The molecule has 2 aromatic rings. The number of aromatic nitrogens is 2. The monoisotopic (exact) mass is 298 g/mol. The lowest BCUT2D eigenvalue weighted by atomic mass is 9.98. The van der Waals surface area contributed by atoms with E-state index in [-0.39, 0.29) is 5.38 Å². The van der Waals surface area contributed by atoms with Crippen molar-refractivity contribution in [1.82, 2.24) is 9.55 Å². The van der Waals surface area contributed by atoms with Crippen LogP contribution in [0.5, 0.6) is 0 Å². The van der Waals surface area contributed by atoms with Gasteiger partial charge in [-0.1, -0.05) is 38.4 Å². The van der Waals surface area contributed by atoms with Crippen molar-refractivity contribution in [3.8, 4) is 0 Å². The molecule has 1 aromatic carbocycles. The van der Waals surface area contributed by atoms with Crippen LogP contribution in [0.15, 0.2) is 18.2 Å². The summed E-state index contributed by atoms with van der Waals surface area (Å²) < 4.78 is 2.18. The fraction of sp³-hybridized carbons (Fsp3) is 0.533. The number of rotatable bonds is 4. The van der Waals surface area contributed by atoms with Gasteiger partial charge in [-0.3, -0.25) is 0 Å². The van der Waals surface area contributed by atoms with Gasteiger partial charge in [-0.25, -0.2) is 4.98 Å². The SMILES string of the molecule is CC(Cl)c1nc2cccc(Cl)c2n1CC(C)C(C)C. The fourth-order valence-corrected chi connectivity index (χ4v) is 2.59. The van der Waals surface area contributed by atoms with Gasteiger partial charge in [-0.15, -0.1) is 11.6 Å². The van der Waals surface area contributed by atoms with E-state index in [0.717, 1.165) is 28.4 Å². The zero-order valence-corrected chi connectivity index (χ0v) is 13.3. The summed E-state index contributed by atoms with van der Waals surface area (Å²) in [6, 6.07) is 5.82. The maximum atomic E-state index is 6.34. The molecule has 104 valence electrons. The molecule has 0 saturated heterocycles. The van der Waals surface area contributed by atoms with E-state index in [4.69, 9.17) is 23.2 Å². The number of fused-ring (bicyclic) bond motifs is 1. The van der Waals surface area contributed by atoms with E-state index in [1.165, 1.54) is 0 Å². The van der Waals surface area contributed by atoms with E-state index in [1.807, 2.05) is 25.1 Å². The van der Waals surface area contributed by atoms with Gasteiger partial charge in [-0.05, 0) is 30.9 Å². The van der Waals surface area contributed by atoms with Crippen LogP contribution < -0.4 is 0 Å². The lowest BCUT2D eigenvalue weighted by Crippen LogP contribution is -2.15. The topological polar surface area (TPSA) is 17.8 Å². The van der Waals surface area contributed by atoms with Crippen molar-refractivity contribution in [3.05, 3.63) is 29.0 Å². The minimum atomic E-state index is -0.122. The van der Waals surface area contributed by atoms with Crippen molar-refractivity contribution in [3.63, 3.8) is 0 Å². The van der Waals surface area contributed by atoms with Crippen molar-refractivity contribution in [2.75, 3.05) is 0 Å². The molecular formula is C15H20Cl2N2. The number of para-hydroxylation sites is 1. The smallest absolute Gasteiger partial charge is 0.127 e. The molecule has 0 aliphatic carbocycles.